The number of hydrogen-bond donors (Lipinski definition) is 0. The number of benzene rings is 9. The maximum atomic E-state index is 6.86. The van der Waals surface area contributed by atoms with E-state index in [-0.39, 0.29) is 5.41 Å². The first-order chi connectivity index (χ1) is 28.0. The van der Waals surface area contributed by atoms with Crippen molar-refractivity contribution in [3.05, 3.63) is 211 Å². The number of fused-ring (bicyclic) bond motifs is 8. The normalized spacial score (nSPS) is 12.9. The highest BCUT2D eigenvalue weighted by molar-refractivity contribution is 6.22. The highest BCUT2D eigenvalue weighted by atomic mass is 16.3. The molecule has 0 aliphatic heterocycles. The molecule has 0 atom stereocenters. The molecule has 0 unspecified atom stereocenters. The molecule has 57 heavy (non-hydrogen) atoms. The van der Waals surface area contributed by atoms with Gasteiger partial charge >= 0.3 is 0 Å². The minimum atomic E-state index is -0.138. The molecule has 2 nitrogen and oxygen atoms in total. The molecule has 0 bridgehead atoms. The van der Waals surface area contributed by atoms with E-state index in [1.807, 2.05) is 0 Å². The molecule has 0 amide bonds. The monoisotopic (exact) mass is 729 g/mol. The zero-order valence-corrected chi connectivity index (χ0v) is 31.9. The predicted octanol–water partition coefficient (Wildman–Crippen LogP) is 15.5. The van der Waals surface area contributed by atoms with Crippen LogP contribution in [0.15, 0.2) is 205 Å². The fourth-order valence-electron chi connectivity index (χ4n) is 9.24. The highest BCUT2D eigenvalue weighted by Crippen LogP contribution is 2.52. The van der Waals surface area contributed by atoms with Gasteiger partial charge in [-0.2, -0.15) is 0 Å². The summed E-state index contributed by atoms with van der Waals surface area (Å²) in [7, 11) is 0. The first-order valence-corrected chi connectivity index (χ1v) is 19.8. The summed E-state index contributed by atoms with van der Waals surface area (Å²) in [5.74, 6) is 0. The molecule has 0 N–H and O–H groups in total. The summed E-state index contributed by atoms with van der Waals surface area (Å²) in [4.78, 5) is 2.45. The van der Waals surface area contributed by atoms with Gasteiger partial charge in [-0.1, -0.05) is 172 Å². The van der Waals surface area contributed by atoms with E-state index in [4.69, 9.17) is 4.42 Å². The van der Waals surface area contributed by atoms with Gasteiger partial charge in [0.1, 0.15) is 11.2 Å². The van der Waals surface area contributed by atoms with Crippen molar-refractivity contribution < 1.29 is 4.42 Å². The smallest absolute Gasteiger partial charge is 0.143 e. The summed E-state index contributed by atoms with van der Waals surface area (Å²) >= 11 is 0. The van der Waals surface area contributed by atoms with Crippen LogP contribution in [0.1, 0.15) is 25.0 Å². The molecule has 10 aromatic rings. The predicted molar refractivity (Wildman–Crippen MR) is 240 cm³/mol. The molecule has 0 saturated carbocycles. The third-order valence-electron chi connectivity index (χ3n) is 12.1. The van der Waals surface area contributed by atoms with Gasteiger partial charge in [0.25, 0.3) is 0 Å². The van der Waals surface area contributed by atoms with Gasteiger partial charge in [-0.3, -0.25) is 0 Å². The van der Waals surface area contributed by atoms with Crippen molar-refractivity contribution in [3.63, 3.8) is 0 Å². The van der Waals surface area contributed by atoms with Crippen molar-refractivity contribution in [1.29, 1.82) is 0 Å². The van der Waals surface area contributed by atoms with E-state index < -0.39 is 0 Å². The fraction of sp³-hybridized carbons (Fsp3) is 0.0545. The molecule has 1 heterocycles. The van der Waals surface area contributed by atoms with Gasteiger partial charge in [0.05, 0.1) is 5.69 Å². The van der Waals surface area contributed by atoms with Gasteiger partial charge in [-0.25, -0.2) is 0 Å². The topological polar surface area (TPSA) is 16.4 Å². The molecule has 0 saturated heterocycles. The van der Waals surface area contributed by atoms with E-state index in [0.717, 1.165) is 60.9 Å². The van der Waals surface area contributed by atoms with Crippen molar-refractivity contribution in [2.24, 2.45) is 0 Å². The second kappa shape index (κ2) is 13.0. The average Bonchev–Trinajstić information content (AvgIpc) is 3.77. The largest absolute Gasteiger partial charge is 0.455 e. The van der Waals surface area contributed by atoms with E-state index in [1.54, 1.807) is 0 Å². The maximum absolute atomic E-state index is 6.86. The van der Waals surface area contributed by atoms with E-state index in [0.29, 0.717) is 0 Å². The number of furan rings is 1. The minimum absolute atomic E-state index is 0.138. The molecule has 0 radical (unpaired) electrons. The molecule has 2 heteroatoms. The van der Waals surface area contributed by atoms with Crippen molar-refractivity contribution in [3.8, 4) is 44.5 Å². The first kappa shape index (κ1) is 33.2. The number of nitrogens with zero attached hydrogens (tertiary/aromatic N) is 1. The maximum Gasteiger partial charge on any atom is 0.143 e. The Morgan fingerprint density at radius 3 is 1.75 bits per heavy atom. The van der Waals surface area contributed by atoms with Crippen molar-refractivity contribution in [2.75, 3.05) is 4.90 Å². The van der Waals surface area contributed by atoms with Crippen LogP contribution in [0.25, 0.3) is 77.2 Å². The van der Waals surface area contributed by atoms with Crippen LogP contribution in [0.2, 0.25) is 0 Å². The molecule has 1 aliphatic carbocycles. The van der Waals surface area contributed by atoms with Crippen LogP contribution in [0.5, 0.6) is 0 Å². The Labute approximate surface area is 332 Å². The highest BCUT2D eigenvalue weighted by Gasteiger charge is 2.36. The average molecular weight is 730 g/mol. The third-order valence-corrected chi connectivity index (χ3v) is 12.1. The van der Waals surface area contributed by atoms with Crippen molar-refractivity contribution in [2.45, 2.75) is 19.3 Å². The zero-order valence-electron chi connectivity index (χ0n) is 31.9. The summed E-state index contributed by atoms with van der Waals surface area (Å²) in [6.07, 6.45) is 0. The Morgan fingerprint density at radius 1 is 0.386 bits per heavy atom. The van der Waals surface area contributed by atoms with Crippen LogP contribution in [-0.4, -0.2) is 0 Å². The Bertz CT molecular complexity index is 3140. The fourth-order valence-corrected chi connectivity index (χ4v) is 9.24. The van der Waals surface area contributed by atoms with E-state index >= 15 is 0 Å². The van der Waals surface area contributed by atoms with Crippen LogP contribution >= 0.6 is 0 Å². The zero-order chi connectivity index (χ0) is 38.1. The lowest BCUT2D eigenvalue weighted by Gasteiger charge is -2.29. The van der Waals surface area contributed by atoms with Gasteiger partial charge in [0.15, 0.2) is 0 Å². The van der Waals surface area contributed by atoms with Gasteiger partial charge in [0, 0.05) is 38.3 Å². The number of rotatable bonds is 6. The quantitative estimate of drug-likeness (QED) is 0.169. The van der Waals surface area contributed by atoms with E-state index in [1.165, 1.54) is 44.5 Å². The molecule has 11 rings (SSSR count). The molecule has 1 aromatic heterocycles. The van der Waals surface area contributed by atoms with Crippen LogP contribution in [0.4, 0.5) is 17.1 Å². The van der Waals surface area contributed by atoms with Gasteiger partial charge < -0.3 is 9.32 Å². The standard InChI is InChI=1S/C55H39NO/c1-55(2)49-25-12-11-21-44(49)45-32-31-42(34-50(45)55)56(41-29-27-38(28-30-41)36-15-5-3-6-16-36)51-35-48-53-43(40-20-13-19-39(33-40)37-17-7-4-8-18-37)24-14-26-52(53)57-54(48)47-23-10-9-22-46(47)51/h3-35H,1-2H3. The van der Waals surface area contributed by atoms with E-state index in [2.05, 4.69) is 219 Å². The summed E-state index contributed by atoms with van der Waals surface area (Å²) in [6, 6.07) is 72.6. The lowest BCUT2D eigenvalue weighted by molar-refractivity contribution is 0.660. The second-order valence-corrected chi connectivity index (χ2v) is 15.7. The molecular weight excluding hydrogens is 691 g/mol. The minimum Gasteiger partial charge on any atom is -0.455 e. The molecule has 270 valence electrons. The molecule has 0 spiro atoms. The molecule has 9 aromatic carbocycles. The number of anilines is 3. The lowest BCUT2D eigenvalue weighted by Crippen LogP contribution is -2.16. The Balaban J connectivity index is 1.16. The van der Waals surface area contributed by atoms with Gasteiger partial charge in [0.2, 0.25) is 0 Å². The first-order valence-electron chi connectivity index (χ1n) is 19.8. The van der Waals surface area contributed by atoms with Crippen molar-refractivity contribution >= 4 is 49.8 Å². The Kier molecular flexibility index (Phi) is 7.55. The second-order valence-electron chi connectivity index (χ2n) is 15.7. The molecular formula is C55H39NO. The Morgan fingerprint density at radius 2 is 0.965 bits per heavy atom. The molecule has 0 fully saturated rings. The summed E-state index contributed by atoms with van der Waals surface area (Å²) in [5, 5.41) is 4.44. The van der Waals surface area contributed by atoms with Crippen LogP contribution < -0.4 is 4.90 Å². The van der Waals surface area contributed by atoms with Crippen LogP contribution in [0, 0.1) is 0 Å². The van der Waals surface area contributed by atoms with Crippen molar-refractivity contribution in [1.82, 2.24) is 0 Å². The summed E-state index contributed by atoms with van der Waals surface area (Å²) in [6.45, 7) is 4.71. The summed E-state index contributed by atoms with van der Waals surface area (Å²) in [5.41, 5.74) is 17.4. The Hall–Kier alpha value is -7.16. The van der Waals surface area contributed by atoms with Crippen LogP contribution in [0.3, 0.4) is 0 Å². The number of hydrogen-bond acceptors (Lipinski definition) is 2. The SMILES string of the molecule is CC1(C)c2ccccc2-c2ccc(N(c3ccc(-c4ccccc4)cc3)c3cc4c(oc5cccc(-c6cccc(-c7ccccc7)c6)c54)c4ccccc34)cc21. The van der Waals surface area contributed by atoms with Gasteiger partial charge in [-0.15, -0.1) is 0 Å². The summed E-state index contributed by atoms with van der Waals surface area (Å²) < 4.78 is 6.86. The van der Waals surface area contributed by atoms with E-state index in [9.17, 15) is 0 Å². The van der Waals surface area contributed by atoms with Crippen LogP contribution in [-0.2, 0) is 5.41 Å². The third kappa shape index (κ3) is 5.33. The molecule has 1 aliphatic rings. The lowest BCUT2D eigenvalue weighted by atomic mass is 9.82. The van der Waals surface area contributed by atoms with Gasteiger partial charge in [-0.05, 0) is 98.1 Å².